The number of hydrogen-bond donors (Lipinski definition) is 0. The molecule has 3 fully saturated rings. The molecule has 8 heteroatoms. The predicted molar refractivity (Wildman–Crippen MR) is 92.5 cm³/mol. The number of rotatable bonds is 4. The van der Waals surface area contributed by atoms with Crippen molar-refractivity contribution >= 4 is 17.5 Å². The number of carbonyl (C=O) groups excluding carboxylic acids is 2. The number of carbonyl (C=O) groups is 2. The van der Waals surface area contributed by atoms with E-state index < -0.39 is 0 Å². The van der Waals surface area contributed by atoms with Crippen LogP contribution in [0, 0.1) is 11.7 Å². The quantitative estimate of drug-likeness (QED) is 0.823. The molecular formula is C19H19FN4O3. The Bertz CT molecular complexity index is 887. The fourth-order valence-corrected chi connectivity index (χ4v) is 3.74. The molecule has 1 aromatic heterocycles. The van der Waals surface area contributed by atoms with Crippen LogP contribution in [0.1, 0.15) is 42.8 Å². The molecule has 2 aromatic rings. The zero-order valence-corrected chi connectivity index (χ0v) is 14.7. The third-order valence-electron chi connectivity index (χ3n) is 5.55. The molecule has 0 spiro atoms. The van der Waals surface area contributed by atoms with E-state index in [-0.39, 0.29) is 35.9 Å². The van der Waals surface area contributed by atoms with Gasteiger partial charge in [0.15, 0.2) is 5.82 Å². The van der Waals surface area contributed by atoms with Gasteiger partial charge < -0.3 is 14.3 Å². The summed E-state index contributed by atoms with van der Waals surface area (Å²) >= 11 is 0. The van der Waals surface area contributed by atoms with Gasteiger partial charge in [-0.15, -0.1) is 0 Å². The summed E-state index contributed by atoms with van der Waals surface area (Å²) in [5.41, 5.74) is 0.622. The summed E-state index contributed by atoms with van der Waals surface area (Å²) < 4.78 is 18.4. The fourth-order valence-electron chi connectivity index (χ4n) is 3.74. The molecule has 0 radical (unpaired) electrons. The van der Waals surface area contributed by atoms with Crippen LogP contribution < -0.4 is 4.90 Å². The van der Waals surface area contributed by atoms with Gasteiger partial charge in [-0.25, -0.2) is 4.39 Å². The van der Waals surface area contributed by atoms with Crippen LogP contribution in [-0.2, 0) is 9.59 Å². The van der Waals surface area contributed by atoms with Gasteiger partial charge >= 0.3 is 0 Å². The van der Waals surface area contributed by atoms with Crippen LogP contribution in [0.3, 0.4) is 0 Å². The number of nitrogens with zero attached hydrogens (tertiary/aromatic N) is 4. The van der Waals surface area contributed by atoms with Crippen LogP contribution in [0.25, 0.3) is 0 Å². The standard InChI is InChI=1S/C19H19FN4O3/c20-14-3-5-15(6-4-14)24-10-12(7-16(24)25)19(26)23-8-13(9-23)18-21-17(22-27-18)11-1-2-11/h3-6,11-13H,1-2,7-10H2. The third-order valence-corrected chi connectivity index (χ3v) is 5.55. The average molecular weight is 370 g/mol. The molecule has 1 unspecified atom stereocenters. The fraction of sp³-hybridized carbons (Fsp3) is 0.474. The molecule has 7 nitrogen and oxygen atoms in total. The summed E-state index contributed by atoms with van der Waals surface area (Å²) in [6.45, 7) is 1.43. The number of anilines is 1. The van der Waals surface area contributed by atoms with Crippen molar-refractivity contribution in [3.05, 3.63) is 41.8 Å². The summed E-state index contributed by atoms with van der Waals surface area (Å²) in [4.78, 5) is 32.8. The van der Waals surface area contributed by atoms with Gasteiger partial charge in [0.25, 0.3) is 0 Å². The van der Waals surface area contributed by atoms with Crippen molar-refractivity contribution in [2.75, 3.05) is 24.5 Å². The van der Waals surface area contributed by atoms with Gasteiger partial charge in [0.2, 0.25) is 17.7 Å². The second-order valence-corrected chi connectivity index (χ2v) is 7.59. The molecule has 27 heavy (non-hydrogen) atoms. The van der Waals surface area contributed by atoms with Gasteiger partial charge in [-0.2, -0.15) is 4.98 Å². The van der Waals surface area contributed by atoms with Gasteiger partial charge in [0, 0.05) is 37.7 Å². The third kappa shape index (κ3) is 2.98. The average Bonchev–Trinajstić information content (AvgIpc) is 3.23. The van der Waals surface area contributed by atoms with Gasteiger partial charge in [-0.05, 0) is 37.1 Å². The number of halogens is 1. The molecule has 2 saturated heterocycles. The molecule has 5 rings (SSSR count). The van der Waals surface area contributed by atoms with E-state index >= 15 is 0 Å². The van der Waals surface area contributed by atoms with E-state index in [2.05, 4.69) is 10.1 Å². The summed E-state index contributed by atoms with van der Waals surface area (Å²) in [6, 6.07) is 5.76. The molecule has 2 amide bonds. The van der Waals surface area contributed by atoms with Crippen LogP contribution in [-0.4, -0.2) is 46.5 Å². The summed E-state index contributed by atoms with van der Waals surface area (Å²) in [7, 11) is 0. The van der Waals surface area contributed by atoms with Crippen LogP contribution in [0.5, 0.6) is 0 Å². The maximum absolute atomic E-state index is 13.1. The zero-order valence-electron chi connectivity index (χ0n) is 14.7. The zero-order chi connectivity index (χ0) is 18.5. The van der Waals surface area contributed by atoms with E-state index in [1.54, 1.807) is 21.9 Å². The lowest BCUT2D eigenvalue weighted by molar-refractivity contribution is -0.140. The van der Waals surface area contributed by atoms with Crippen LogP contribution in [0.4, 0.5) is 10.1 Å². The molecule has 1 saturated carbocycles. The highest BCUT2D eigenvalue weighted by Crippen LogP contribution is 2.39. The van der Waals surface area contributed by atoms with Gasteiger partial charge in [0.1, 0.15) is 5.82 Å². The minimum Gasteiger partial charge on any atom is -0.341 e. The highest BCUT2D eigenvalue weighted by atomic mass is 19.1. The van der Waals surface area contributed by atoms with E-state index in [1.807, 2.05) is 0 Å². The molecule has 0 N–H and O–H groups in total. The molecule has 140 valence electrons. The first kappa shape index (κ1) is 16.4. The van der Waals surface area contributed by atoms with Crippen LogP contribution in [0.15, 0.2) is 28.8 Å². The van der Waals surface area contributed by atoms with Crippen molar-refractivity contribution < 1.29 is 18.5 Å². The Labute approximate surface area is 155 Å². The molecule has 2 aliphatic heterocycles. The largest absolute Gasteiger partial charge is 0.341 e. The van der Waals surface area contributed by atoms with E-state index in [1.165, 1.54) is 12.1 Å². The summed E-state index contributed by atoms with van der Waals surface area (Å²) in [5, 5.41) is 4.02. The Morgan fingerprint density at radius 3 is 2.56 bits per heavy atom. The maximum atomic E-state index is 13.1. The minimum atomic E-state index is -0.367. The smallest absolute Gasteiger partial charge is 0.233 e. The van der Waals surface area contributed by atoms with Gasteiger partial charge in [-0.1, -0.05) is 5.16 Å². The number of amides is 2. The normalized spacial score (nSPS) is 23.0. The topological polar surface area (TPSA) is 79.5 Å². The number of likely N-dealkylation sites (tertiary alicyclic amines) is 1. The summed E-state index contributed by atoms with van der Waals surface area (Å²) in [5.74, 6) is 1.07. The van der Waals surface area contributed by atoms with Crippen molar-refractivity contribution in [1.29, 1.82) is 0 Å². The molecule has 1 aromatic carbocycles. The number of aromatic nitrogens is 2. The first-order valence-electron chi connectivity index (χ1n) is 9.26. The lowest BCUT2D eigenvalue weighted by Gasteiger charge is -2.38. The van der Waals surface area contributed by atoms with E-state index in [9.17, 15) is 14.0 Å². The van der Waals surface area contributed by atoms with Crippen molar-refractivity contribution in [3.8, 4) is 0 Å². The monoisotopic (exact) mass is 370 g/mol. The Morgan fingerprint density at radius 2 is 1.85 bits per heavy atom. The molecular weight excluding hydrogens is 351 g/mol. The SMILES string of the molecule is O=C(C1CC(=O)N(c2ccc(F)cc2)C1)N1CC(c2nc(C3CC3)no2)C1. The first-order valence-corrected chi connectivity index (χ1v) is 9.26. The highest BCUT2D eigenvalue weighted by molar-refractivity contribution is 6.00. The number of benzene rings is 1. The Morgan fingerprint density at radius 1 is 1.11 bits per heavy atom. The Hall–Kier alpha value is -2.77. The van der Waals surface area contributed by atoms with Crippen LogP contribution in [0.2, 0.25) is 0 Å². The Balaban J connectivity index is 1.19. The van der Waals surface area contributed by atoms with Crippen molar-refractivity contribution in [1.82, 2.24) is 15.0 Å². The highest BCUT2D eigenvalue weighted by Gasteiger charge is 2.43. The van der Waals surface area contributed by atoms with Gasteiger partial charge in [-0.3, -0.25) is 9.59 Å². The maximum Gasteiger partial charge on any atom is 0.233 e. The summed E-state index contributed by atoms with van der Waals surface area (Å²) in [6.07, 6.45) is 2.42. The van der Waals surface area contributed by atoms with Crippen LogP contribution >= 0.6 is 0 Å². The lowest BCUT2D eigenvalue weighted by atomic mass is 9.96. The van der Waals surface area contributed by atoms with Crippen molar-refractivity contribution in [3.63, 3.8) is 0 Å². The second-order valence-electron chi connectivity index (χ2n) is 7.59. The Kier molecular flexibility index (Phi) is 3.73. The number of hydrogen-bond acceptors (Lipinski definition) is 5. The molecule has 1 aliphatic carbocycles. The second kappa shape index (κ2) is 6.14. The molecule has 0 bridgehead atoms. The minimum absolute atomic E-state index is 0.0221. The first-order chi connectivity index (χ1) is 13.1. The van der Waals surface area contributed by atoms with Crippen molar-refractivity contribution in [2.24, 2.45) is 5.92 Å². The van der Waals surface area contributed by atoms with Gasteiger partial charge in [0.05, 0.1) is 11.8 Å². The van der Waals surface area contributed by atoms with E-state index in [4.69, 9.17) is 4.52 Å². The molecule has 3 heterocycles. The van der Waals surface area contributed by atoms with E-state index in [0.29, 0.717) is 37.1 Å². The van der Waals surface area contributed by atoms with E-state index in [0.717, 1.165) is 18.7 Å². The molecule has 1 atom stereocenters. The van der Waals surface area contributed by atoms with Crippen molar-refractivity contribution in [2.45, 2.75) is 31.1 Å². The predicted octanol–water partition coefficient (Wildman–Crippen LogP) is 2.06. The lowest BCUT2D eigenvalue weighted by Crippen LogP contribution is -2.51. The molecule has 3 aliphatic rings.